The summed E-state index contributed by atoms with van der Waals surface area (Å²) in [4.78, 5) is 26.9. The lowest BCUT2D eigenvalue weighted by Gasteiger charge is -2.26. The van der Waals surface area contributed by atoms with Gasteiger partial charge in [-0.2, -0.15) is 0 Å². The van der Waals surface area contributed by atoms with Gasteiger partial charge in [-0.15, -0.1) is 0 Å². The van der Waals surface area contributed by atoms with E-state index in [1.165, 1.54) is 6.07 Å². The Bertz CT molecular complexity index is 882. The summed E-state index contributed by atoms with van der Waals surface area (Å²) in [5.41, 5.74) is 2.00. The third-order valence-corrected chi connectivity index (χ3v) is 4.58. The van der Waals surface area contributed by atoms with Crippen molar-refractivity contribution in [3.05, 3.63) is 94.4 Å². The van der Waals surface area contributed by atoms with Crippen molar-refractivity contribution < 1.29 is 18.7 Å². The summed E-state index contributed by atoms with van der Waals surface area (Å²) in [5.74, 6) is -0.901. The summed E-state index contributed by atoms with van der Waals surface area (Å²) in [6, 6.07) is 22.5. The smallest absolute Gasteiger partial charge is 0.375 e. The minimum absolute atomic E-state index is 0.0455. The van der Waals surface area contributed by atoms with Gasteiger partial charge >= 0.3 is 5.97 Å². The van der Waals surface area contributed by atoms with Crippen LogP contribution in [-0.4, -0.2) is 22.9 Å². The normalized spacial score (nSPS) is 11.6. The highest BCUT2D eigenvalue weighted by atomic mass is 79.9. The Morgan fingerprint density at radius 3 is 1.93 bits per heavy atom. The average molecular weight is 442 g/mol. The first kappa shape index (κ1) is 19.9. The molecule has 1 heterocycles. The molecule has 144 valence electrons. The minimum atomic E-state index is -0.941. The van der Waals surface area contributed by atoms with Crippen LogP contribution in [0.15, 0.2) is 81.9 Å². The molecule has 3 rings (SSSR count). The Hall–Kier alpha value is -2.86. The molecule has 0 aliphatic heterocycles. The van der Waals surface area contributed by atoms with E-state index in [0.29, 0.717) is 17.8 Å². The highest BCUT2D eigenvalue weighted by Gasteiger charge is 2.26. The Morgan fingerprint density at radius 1 is 0.929 bits per heavy atom. The molecule has 3 aromatic rings. The predicted molar refractivity (Wildman–Crippen MR) is 108 cm³/mol. The van der Waals surface area contributed by atoms with Crippen LogP contribution in [0.2, 0.25) is 0 Å². The van der Waals surface area contributed by atoms with Crippen molar-refractivity contribution in [2.45, 2.75) is 26.1 Å². The molecule has 1 unspecified atom stereocenters. The summed E-state index contributed by atoms with van der Waals surface area (Å²) < 4.78 is 10.9. The Kier molecular flexibility index (Phi) is 6.66. The topological polar surface area (TPSA) is 59.8 Å². The van der Waals surface area contributed by atoms with Crippen molar-refractivity contribution >= 4 is 27.8 Å². The van der Waals surface area contributed by atoms with E-state index in [9.17, 15) is 9.59 Å². The predicted octanol–water partition coefficient (Wildman–Crippen LogP) is 4.82. The molecule has 5 nitrogen and oxygen atoms in total. The number of carbonyl (C=O) groups is 2. The van der Waals surface area contributed by atoms with Crippen LogP contribution in [0.1, 0.15) is 28.6 Å². The number of hydrogen-bond acceptors (Lipinski definition) is 4. The lowest BCUT2D eigenvalue weighted by Crippen LogP contribution is -2.39. The van der Waals surface area contributed by atoms with Crippen molar-refractivity contribution in [1.82, 2.24) is 4.90 Å². The van der Waals surface area contributed by atoms with Gasteiger partial charge in [-0.25, -0.2) is 4.79 Å². The number of benzene rings is 2. The second kappa shape index (κ2) is 9.37. The van der Waals surface area contributed by atoms with Crippen LogP contribution in [0.25, 0.3) is 0 Å². The van der Waals surface area contributed by atoms with E-state index in [2.05, 4.69) is 15.9 Å². The van der Waals surface area contributed by atoms with E-state index < -0.39 is 12.1 Å². The monoisotopic (exact) mass is 441 g/mol. The van der Waals surface area contributed by atoms with E-state index in [1.807, 2.05) is 60.7 Å². The standard InChI is InChI=1S/C22H20BrNO4/c1-16(27-22(26)19-12-13-20(23)28-19)21(25)24(14-17-8-4-2-5-9-17)15-18-10-6-3-7-11-18/h2-13,16H,14-15H2,1H3. The highest BCUT2D eigenvalue weighted by Crippen LogP contribution is 2.17. The molecule has 0 N–H and O–H groups in total. The molecule has 0 bridgehead atoms. The molecule has 0 saturated carbocycles. The van der Waals surface area contributed by atoms with Crippen LogP contribution in [-0.2, 0) is 22.6 Å². The molecule has 28 heavy (non-hydrogen) atoms. The number of esters is 1. The van der Waals surface area contributed by atoms with Crippen LogP contribution in [0, 0.1) is 0 Å². The molecule has 6 heteroatoms. The number of hydrogen-bond donors (Lipinski definition) is 0. The van der Waals surface area contributed by atoms with Crippen molar-refractivity contribution in [2.75, 3.05) is 0 Å². The maximum absolute atomic E-state index is 13.0. The maximum Gasteiger partial charge on any atom is 0.375 e. The first-order chi connectivity index (χ1) is 13.5. The molecule has 2 aromatic carbocycles. The fourth-order valence-electron chi connectivity index (χ4n) is 2.77. The third kappa shape index (κ3) is 5.33. The SMILES string of the molecule is CC(OC(=O)c1ccc(Br)o1)C(=O)N(Cc1ccccc1)Cc1ccccc1. The van der Waals surface area contributed by atoms with Crippen molar-refractivity contribution in [1.29, 1.82) is 0 Å². The van der Waals surface area contributed by atoms with Crippen LogP contribution in [0.5, 0.6) is 0 Å². The van der Waals surface area contributed by atoms with Crippen LogP contribution < -0.4 is 0 Å². The number of halogens is 1. The minimum Gasteiger partial charge on any atom is -0.447 e. The second-order valence-corrected chi connectivity index (χ2v) is 7.10. The van der Waals surface area contributed by atoms with Gasteiger partial charge < -0.3 is 14.1 Å². The van der Waals surface area contributed by atoms with Gasteiger partial charge in [0.15, 0.2) is 10.8 Å². The molecule has 0 aliphatic carbocycles. The number of furan rings is 1. The molecule has 1 atom stereocenters. The molecule has 0 fully saturated rings. The van der Waals surface area contributed by atoms with Crippen molar-refractivity contribution in [3.8, 4) is 0 Å². The van der Waals surface area contributed by atoms with E-state index in [1.54, 1.807) is 17.9 Å². The molecule has 0 aliphatic rings. The molecule has 0 saturated heterocycles. The quantitative estimate of drug-likeness (QED) is 0.493. The Labute approximate surface area is 172 Å². The van der Waals surface area contributed by atoms with Gasteiger partial charge in [-0.05, 0) is 46.1 Å². The molecular weight excluding hydrogens is 422 g/mol. The zero-order valence-corrected chi connectivity index (χ0v) is 17.0. The van der Waals surface area contributed by atoms with Gasteiger partial charge in [0, 0.05) is 13.1 Å². The third-order valence-electron chi connectivity index (χ3n) is 4.15. The first-order valence-corrected chi connectivity index (χ1v) is 9.65. The van der Waals surface area contributed by atoms with Gasteiger partial charge in [-0.3, -0.25) is 4.79 Å². The number of carbonyl (C=O) groups excluding carboxylic acids is 2. The number of nitrogens with zero attached hydrogens (tertiary/aromatic N) is 1. The lowest BCUT2D eigenvalue weighted by atomic mass is 10.1. The summed E-state index contributed by atoms with van der Waals surface area (Å²) in [6.45, 7) is 2.41. The van der Waals surface area contributed by atoms with Crippen molar-refractivity contribution in [3.63, 3.8) is 0 Å². The zero-order chi connectivity index (χ0) is 19.9. The molecule has 1 aromatic heterocycles. The average Bonchev–Trinajstić information content (AvgIpc) is 3.15. The summed E-state index contributed by atoms with van der Waals surface area (Å²) in [7, 11) is 0. The molecule has 0 radical (unpaired) electrons. The Balaban J connectivity index is 1.73. The van der Waals surface area contributed by atoms with Crippen LogP contribution in [0.3, 0.4) is 0 Å². The molecule has 1 amide bonds. The van der Waals surface area contributed by atoms with Crippen LogP contribution in [0.4, 0.5) is 0 Å². The van der Waals surface area contributed by atoms with Crippen molar-refractivity contribution in [2.24, 2.45) is 0 Å². The fraction of sp³-hybridized carbons (Fsp3) is 0.182. The fourth-order valence-corrected chi connectivity index (χ4v) is 3.08. The van der Waals surface area contributed by atoms with Gasteiger partial charge in [-0.1, -0.05) is 60.7 Å². The van der Waals surface area contributed by atoms with E-state index in [0.717, 1.165) is 11.1 Å². The Morgan fingerprint density at radius 2 is 1.46 bits per heavy atom. The second-order valence-electron chi connectivity index (χ2n) is 6.32. The van der Waals surface area contributed by atoms with E-state index in [-0.39, 0.29) is 11.7 Å². The highest BCUT2D eigenvalue weighted by molar-refractivity contribution is 9.10. The van der Waals surface area contributed by atoms with Gasteiger partial charge in [0.05, 0.1) is 0 Å². The largest absolute Gasteiger partial charge is 0.447 e. The van der Waals surface area contributed by atoms with Crippen LogP contribution >= 0.6 is 15.9 Å². The van der Waals surface area contributed by atoms with Gasteiger partial charge in [0.2, 0.25) is 5.76 Å². The zero-order valence-electron chi connectivity index (χ0n) is 15.4. The summed E-state index contributed by atoms with van der Waals surface area (Å²) in [5, 5.41) is 0. The summed E-state index contributed by atoms with van der Waals surface area (Å²) >= 11 is 3.14. The molecule has 0 spiro atoms. The lowest BCUT2D eigenvalue weighted by molar-refractivity contribution is -0.141. The summed E-state index contributed by atoms with van der Waals surface area (Å²) in [6.07, 6.45) is -0.941. The van der Waals surface area contributed by atoms with E-state index in [4.69, 9.17) is 9.15 Å². The number of amides is 1. The van der Waals surface area contributed by atoms with E-state index >= 15 is 0 Å². The molecular formula is C22H20BrNO4. The number of ether oxygens (including phenoxy) is 1. The maximum atomic E-state index is 13.0. The van der Waals surface area contributed by atoms with Gasteiger partial charge in [0.25, 0.3) is 5.91 Å². The van der Waals surface area contributed by atoms with Gasteiger partial charge in [0.1, 0.15) is 0 Å². The first-order valence-electron chi connectivity index (χ1n) is 8.86. The number of rotatable bonds is 7.